The third-order valence-electron chi connectivity index (χ3n) is 6.06. The Labute approximate surface area is 156 Å². The fraction of sp³-hybridized carbons (Fsp3) is 0.333. The molecule has 1 amide bonds. The van der Waals surface area contributed by atoms with Crippen molar-refractivity contribution < 1.29 is 14.3 Å². The van der Waals surface area contributed by atoms with Crippen molar-refractivity contribution in [3.05, 3.63) is 65.0 Å². The summed E-state index contributed by atoms with van der Waals surface area (Å²) in [7, 11) is 0. The van der Waals surface area contributed by atoms with Gasteiger partial charge in [-0.2, -0.15) is 5.26 Å². The molecule has 1 atom stereocenters. The molecule has 1 unspecified atom stereocenters. The lowest BCUT2D eigenvalue weighted by Crippen LogP contribution is -2.40. The third kappa shape index (κ3) is 2.21. The van der Waals surface area contributed by atoms with Gasteiger partial charge in [-0.1, -0.05) is 12.1 Å². The molecule has 1 saturated carbocycles. The summed E-state index contributed by atoms with van der Waals surface area (Å²) in [6, 6.07) is 11.2. The molecule has 3 heterocycles. The molecule has 3 aliphatic rings. The van der Waals surface area contributed by atoms with Crippen molar-refractivity contribution in [3.63, 3.8) is 0 Å². The van der Waals surface area contributed by atoms with Gasteiger partial charge in [-0.25, -0.2) is 4.79 Å². The number of benzene rings is 1. The number of hydrogen-bond acceptors (Lipinski definition) is 5. The van der Waals surface area contributed by atoms with Crippen LogP contribution in [0.2, 0.25) is 0 Å². The molecule has 6 heteroatoms. The molecule has 1 spiro atoms. The molecule has 5 rings (SSSR count). The molecular formula is C21H17N3O3. The minimum atomic E-state index is -0.744. The summed E-state index contributed by atoms with van der Waals surface area (Å²) >= 11 is 0. The van der Waals surface area contributed by atoms with E-state index in [4.69, 9.17) is 10.00 Å². The molecule has 0 bridgehead atoms. The standard InChI is InChI=1S/C21H17N3O3/c22-11-14-1-3-15(4-2-14)20(6-7-20)19(26)24-10-8-21(13-24)17-5-9-23-12-16(17)18(25)27-21/h1-5,9,12H,6-8,10,13H2. The van der Waals surface area contributed by atoms with E-state index in [0.29, 0.717) is 30.6 Å². The predicted octanol–water partition coefficient (Wildman–Crippen LogP) is 2.28. The Morgan fingerprint density at radius 1 is 1.19 bits per heavy atom. The number of nitriles is 1. The summed E-state index contributed by atoms with van der Waals surface area (Å²) in [4.78, 5) is 31.4. The monoisotopic (exact) mass is 359 g/mol. The summed E-state index contributed by atoms with van der Waals surface area (Å²) in [5.74, 6) is -0.275. The van der Waals surface area contributed by atoms with Crippen LogP contribution < -0.4 is 0 Å². The van der Waals surface area contributed by atoms with E-state index in [1.165, 1.54) is 6.20 Å². The molecule has 2 fully saturated rings. The first-order valence-electron chi connectivity index (χ1n) is 9.06. The van der Waals surface area contributed by atoms with Crippen molar-refractivity contribution in [2.75, 3.05) is 13.1 Å². The van der Waals surface area contributed by atoms with E-state index in [2.05, 4.69) is 11.1 Å². The van der Waals surface area contributed by atoms with Gasteiger partial charge in [0, 0.05) is 30.9 Å². The van der Waals surface area contributed by atoms with E-state index in [1.807, 2.05) is 23.1 Å². The second kappa shape index (κ2) is 5.40. The zero-order valence-electron chi connectivity index (χ0n) is 14.6. The van der Waals surface area contributed by atoms with Gasteiger partial charge in [0.05, 0.1) is 29.2 Å². The van der Waals surface area contributed by atoms with Crippen LogP contribution in [0.25, 0.3) is 0 Å². The Kier molecular flexibility index (Phi) is 3.20. The van der Waals surface area contributed by atoms with Crippen molar-refractivity contribution in [1.29, 1.82) is 5.26 Å². The highest BCUT2D eigenvalue weighted by Gasteiger charge is 2.57. The van der Waals surface area contributed by atoms with Crippen LogP contribution in [-0.2, 0) is 20.5 Å². The van der Waals surface area contributed by atoms with Crippen LogP contribution in [-0.4, -0.2) is 34.8 Å². The maximum Gasteiger partial charge on any atom is 0.341 e. The fourth-order valence-electron chi connectivity index (χ4n) is 4.42. The first-order chi connectivity index (χ1) is 13.1. The molecular weight excluding hydrogens is 342 g/mol. The van der Waals surface area contributed by atoms with Gasteiger partial charge in [0.25, 0.3) is 0 Å². The van der Waals surface area contributed by atoms with Crippen molar-refractivity contribution in [2.24, 2.45) is 0 Å². The van der Waals surface area contributed by atoms with Gasteiger partial charge in [0.15, 0.2) is 5.60 Å². The van der Waals surface area contributed by atoms with Crippen molar-refractivity contribution in [2.45, 2.75) is 30.3 Å². The van der Waals surface area contributed by atoms with Gasteiger partial charge in [0.2, 0.25) is 5.91 Å². The maximum atomic E-state index is 13.3. The molecule has 0 radical (unpaired) electrons. The van der Waals surface area contributed by atoms with Crippen molar-refractivity contribution in [1.82, 2.24) is 9.88 Å². The van der Waals surface area contributed by atoms with Crippen LogP contribution in [0.15, 0.2) is 42.7 Å². The average molecular weight is 359 g/mol. The number of likely N-dealkylation sites (tertiary alicyclic amines) is 1. The molecule has 6 nitrogen and oxygen atoms in total. The zero-order valence-corrected chi connectivity index (χ0v) is 14.6. The van der Waals surface area contributed by atoms with E-state index < -0.39 is 11.0 Å². The normalized spacial score (nSPS) is 24.4. The van der Waals surface area contributed by atoms with Gasteiger partial charge >= 0.3 is 5.97 Å². The smallest absolute Gasteiger partial charge is 0.341 e. The lowest BCUT2D eigenvalue weighted by molar-refractivity contribution is -0.134. The van der Waals surface area contributed by atoms with Crippen LogP contribution in [0, 0.1) is 11.3 Å². The Balaban J connectivity index is 1.42. The van der Waals surface area contributed by atoms with E-state index in [-0.39, 0.29) is 11.9 Å². The minimum absolute atomic E-state index is 0.0858. The zero-order chi connectivity index (χ0) is 18.6. The number of nitrogens with zero attached hydrogens (tertiary/aromatic N) is 3. The molecule has 134 valence electrons. The van der Waals surface area contributed by atoms with Gasteiger partial charge in [-0.15, -0.1) is 0 Å². The van der Waals surface area contributed by atoms with Crippen molar-refractivity contribution in [3.8, 4) is 6.07 Å². The van der Waals surface area contributed by atoms with Gasteiger partial charge < -0.3 is 9.64 Å². The number of hydrogen-bond donors (Lipinski definition) is 0. The fourth-order valence-corrected chi connectivity index (χ4v) is 4.42. The van der Waals surface area contributed by atoms with E-state index in [1.54, 1.807) is 18.3 Å². The number of carbonyl (C=O) groups excluding carboxylic acids is 2. The number of carbonyl (C=O) groups is 2. The lowest BCUT2D eigenvalue weighted by Gasteiger charge is -2.26. The number of amides is 1. The summed E-state index contributed by atoms with van der Waals surface area (Å²) < 4.78 is 5.72. The number of fused-ring (bicyclic) bond motifs is 2. The second-order valence-electron chi connectivity index (χ2n) is 7.55. The number of ether oxygens (including phenoxy) is 1. The molecule has 2 aliphatic heterocycles. The first kappa shape index (κ1) is 16.0. The first-order valence-corrected chi connectivity index (χ1v) is 9.06. The number of esters is 1. The summed E-state index contributed by atoms with van der Waals surface area (Å²) in [6.07, 6.45) is 5.41. The second-order valence-corrected chi connectivity index (χ2v) is 7.55. The predicted molar refractivity (Wildman–Crippen MR) is 94.6 cm³/mol. The summed E-state index contributed by atoms with van der Waals surface area (Å²) in [6.45, 7) is 0.943. The van der Waals surface area contributed by atoms with Crippen LogP contribution in [0.5, 0.6) is 0 Å². The number of pyridine rings is 1. The van der Waals surface area contributed by atoms with Gasteiger partial charge in [0.1, 0.15) is 0 Å². The molecule has 1 aromatic heterocycles. The van der Waals surface area contributed by atoms with E-state index >= 15 is 0 Å². The molecule has 1 aromatic carbocycles. The Hall–Kier alpha value is -3.20. The number of rotatable bonds is 2. The van der Waals surface area contributed by atoms with E-state index in [9.17, 15) is 9.59 Å². The highest BCUT2D eigenvalue weighted by Crippen LogP contribution is 2.51. The Bertz CT molecular complexity index is 1000. The highest BCUT2D eigenvalue weighted by atomic mass is 16.6. The van der Waals surface area contributed by atoms with Crippen molar-refractivity contribution >= 4 is 11.9 Å². The third-order valence-corrected chi connectivity index (χ3v) is 6.06. The van der Waals surface area contributed by atoms with Crippen LogP contribution in [0.1, 0.15) is 46.3 Å². The highest BCUT2D eigenvalue weighted by molar-refractivity contribution is 5.95. The van der Waals surface area contributed by atoms with Gasteiger partial charge in [-0.05, 0) is 36.6 Å². The molecule has 1 saturated heterocycles. The quantitative estimate of drug-likeness (QED) is 0.768. The maximum absolute atomic E-state index is 13.3. The topological polar surface area (TPSA) is 83.3 Å². The largest absolute Gasteiger partial charge is 0.449 e. The minimum Gasteiger partial charge on any atom is -0.449 e. The van der Waals surface area contributed by atoms with Crippen LogP contribution in [0.3, 0.4) is 0 Å². The molecule has 2 aromatic rings. The van der Waals surface area contributed by atoms with Crippen LogP contribution >= 0.6 is 0 Å². The molecule has 0 N–H and O–H groups in total. The lowest BCUT2D eigenvalue weighted by atomic mass is 9.92. The summed E-state index contributed by atoms with van der Waals surface area (Å²) in [5.41, 5.74) is 1.64. The van der Waals surface area contributed by atoms with E-state index in [0.717, 1.165) is 24.0 Å². The molecule has 1 aliphatic carbocycles. The molecule has 27 heavy (non-hydrogen) atoms. The SMILES string of the molecule is N#Cc1ccc(C2(C(=O)N3CCC4(C3)OC(=O)c3cnccc34)CC2)cc1. The summed E-state index contributed by atoms with van der Waals surface area (Å²) in [5, 5.41) is 8.98. The van der Waals surface area contributed by atoms with Crippen LogP contribution in [0.4, 0.5) is 0 Å². The Morgan fingerprint density at radius 2 is 1.96 bits per heavy atom. The Morgan fingerprint density at radius 3 is 2.67 bits per heavy atom. The van der Waals surface area contributed by atoms with Gasteiger partial charge in [-0.3, -0.25) is 9.78 Å². The number of aromatic nitrogens is 1. The average Bonchev–Trinajstić information content (AvgIpc) is 3.34.